The van der Waals surface area contributed by atoms with Gasteiger partial charge in [0, 0.05) is 25.0 Å². The lowest BCUT2D eigenvalue weighted by molar-refractivity contribution is 0.520. The highest BCUT2D eigenvalue weighted by Gasteiger charge is 2.29. The van der Waals surface area contributed by atoms with E-state index in [9.17, 15) is 8.42 Å². The third kappa shape index (κ3) is 5.61. The summed E-state index contributed by atoms with van der Waals surface area (Å²) in [7, 11) is -3.02. The van der Waals surface area contributed by atoms with E-state index in [1.54, 1.807) is 13.8 Å². The molecule has 0 saturated carbocycles. The van der Waals surface area contributed by atoms with Gasteiger partial charge >= 0.3 is 0 Å². The molecule has 1 aromatic rings. The molecule has 0 heterocycles. The van der Waals surface area contributed by atoms with Gasteiger partial charge in [0.25, 0.3) is 0 Å². The third-order valence-electron chi connectivity index (χ3n) is 3.19. The van der Waals surface area contributed by atoms with Crippen LogP contribution in [0.2, 0.25) is 0 Å². The molecule has 0 radical (unpaired) electrons. The van der Waals surface area contributed by atoms with Crippen molar-refractivity contribution in [3.63, 3.8) is 0 Å². The Labute approximate surface area is 116 Å². The van der Waals surface area contributed by atoms with Crippen molar-refractivity contribution in [3.8, 4) is 0 Å². The predicted molar refractivity (Wildman–Crippen MR) is 81.3 cm³/mol. The van der Waals surface area contributed by atoms with E-state index in [1.165, 1.54) is 6.26 Å². The maximum Gasteiger partial charge on any atom is 0.153 e. The second-order valence-electron chi connectivity index (χ2n) is 5.35. The molecule has 0 bridgehead atoms. The minimum absolute atomic E-state index is 0.483. The fourth-order valence-corrected chi connectivity index (χ4v) is 1.89. The van der Waals surface area contributed by atoms with Crippen LogP contribution in [0, 0.1) is 0 Å². The molecular formula is C14H24N2O2S. The van der Waals surface area contributed by atoms with Gasteiger partial charge in [0.1, 0.15) is 0 Å². The van der Waals surface area contributed by atoms with Gasteiger partial charge in [-0.15, -0.1) is 0 Å². The van der Waals surface area contributed by atoms with Gasteiger partial charge in [-0.2, -0.15) is 0 Å². The number of rotatable bonds is 8. The van der Waals surface area contributed by atoms with Gasteiger partial charge in [0.15, 0.2) is 9.84 Å². The van der Waals surface area contributed by atoms with Gasteiger partial charge < -0.3 is 10.6 Å². The van der Waals surface area contributed by atoms with E-state index in [2.05, 4.69) is 10.6 Å². The molecule has 0 fully saturated rings. The van der Waals surface area contributed by atoms with Gasteiger partial charge in [-0.05, 0) is 38.9 Å². The maximum atomic E-state index is 11.5. The molecule has 0 unspecified atom stereocenters. The highest BCUT2D eigenvalue weighted by molar-refractivity contribution is 7.92. The van der Waals surface area contributed by atoms with E-state index in [0.29, 0.717) is 6.54 Å². The summed E-state index contributed by atoms with van der Waals surface area (Å²) in [5.41, 5.74) is 1.11. The van der Waals surface area contributed by atoms with Crippen molar-refractivity contribution in [3.05, 3.63) is 30.3 Å². The van der Waals surface area contributed by atoms with Gasteiger partial charge in [-0.25, -0.2) is 8.42 Å². The topological polar surface area (TPSA) is 58.2 Å². The van der Waals surface area contributed by atoms with Crippen molar-refractivity contribution in [1.29, 1.82) is 0 Å². The first kappa shape index (κ1) is 16.0. The molecule has 0 aliphatic carbocycles. The molecule has 108 valence electrons. The van der Waals surface area contributed by atoms with Crippen LogP contribution in [0.3, 0.4) is 0 Å². The number of sulfone groups is 1. The molecule has 0 amide bonds. The van der Waals surface area contributed by atoms with E-state index in [1.807, 2.05) is 30.3 Å². The van der Waals surface area contributed by atoms with Crippen LogP contribution in [-0.4, -0.2) is 39.1 Å². The largest absolute Gasteiger partial charge is 0.385 e. The second kappa shape index (κ2) is 6.91. The Balaban J connectivity index is 2.16. The molecule has 4 nitrogen and oxygen atoms in total. The first-order valence-electron chi connectivity index (χ1n) is 6.52. The van der Waals surface area contributed by atoms with E-state index in [0.717, 1.165) is 25.2 Å². The maximum absolute atomic E-state index is 11.5. The summed E-state index contributed by atoms with van der Waals surface area (Å²) in [6.07, 6.45) is 2.24. The zero-order valence-electron chi connectivity index (χ0n) is 11.9. The molecule has 0 saturated heterocycles. The molecule has 0 aromatic heterocycles. The van der Waals surface area contributed by atoms with Crippen LogP contribution in [0.1, 0.15) is 20.3 Å². The van der Waals surface area contributed by atoms with Crippen LogP contribution in [0.15, 0.2) is 30.3 Å². The zero-order valence-corrected chi connectivity index (χ0v) is 12.8. The van der Waals surface area contributed by atoms with Crippen LogP contribution in [-0.2, 0) is 9.84 Å². The smallest absolute Gasteiger partial charge is 0.153 e. The summed E-state index contributed by atoms with van der Waals surface area (Å²) >= 11 is 0. The van der Waals surface area contributed by atoms with Crippen molar-refractivity contribution in [2.24, 2.45) is 0 Å². The number of hydrogen-bond donors (Lipinski definition) is 2. The van der Waals surface area contributed by atoms with Crippen LogP contribution in [0.25, 0.3) is 0 Å². The lowest BCUT2D eigenvalue weighted by Crippen LogP contribution is -2.42. The molecule has 5 heteroatoms. The summed E-state index contributed by atoms with van der Waals surface area (Å²) in [5, 5.41) is 6.51. The summed E-state index contributed by atoms with van der Waals surface area (Å²) in [6.45, 7) is 5.65. The Kier molecular flexibility index (Phi) is 5.82. The summed E-state index contributed by atoms with van der Waals surface area (Å²) in [4.78, 5) is 0. The fourth-order valence-electron chi connectivity index (χ4n) is 1.52. The first-order chi connectivity index (χ1) is 8.83. The fraction of sp³-hybridized carbons (Fsp3) is 0.571. The van der Waals surface area contributed by atoms with Crippen LogP contribution >= 0.6 is 0 Å². The standard InChI is InChI=1S/C14H24N2O2S/c1-14(2,19(3,17)18)12-15-10-7-11-16-13-8-5-4-6-9-13/h4-6,8-9,15-16H,7,10-12H2,1-3H3. The van der Waals surface area contributed by atoms with Gasteiger partial charge in [0.2, 0.25) is 0 Å². The third-order valence-corrected chi connectivity index (χ3v) is 5.34. The van der Waals surface area contributed by atoms with E-state index >= 15 is 0 Å². The van der Waals surface area contributed by atoms with Crippen molar-refractivity contribution in [2.75, 3.05) is 31.2 Å². The Bertz CT molecular complexity index is 469. The van der Waals surface area contributed by atoms with Crippen LogP contribution in [0.5, 0.6) is 0 Å². The molecular weight excluding hydrogens is 260 g/mol. The summed E-state index contributed by atoms with van der Waals surface area (Å²) in [5.74, 6) is 0. The molecule has 2 N–H and O–H groups in total. The summed E-state index contributed by atoms with van der Waals surface area (Å²) in [6, 6.07) is 10.0. The van der Waals surface area contributed by atoms with E-state index in [-0.39, 0.29) is 0 Å². The highest BCUT2D eigenvalue weighted by Crippen LogP contribution is 2.13. The average Bonchev–Trinajstić information content (AvgIpc) is 2.33. The number of hydrogen-bond acceptors (Lipinski definition) is 4. The molecule has 0 spiro atoms. The Morgan fingerprint density at radius 3 is 2.32 bits per heavy atom. The quantitative estimate of drug-likeness (QED) is 0.716. The van der Waals surface area contributed by atoms with Crippen molar-refractivity contribution < 1.29 is 8.42 Å². The van der Waals surface area contributed by atoms with Crippen LogP contribution < -0.4 is 10.6 Å². The SMILES string of the molecule is CC(C)(CNCCCNc1ccccc1)S(C)(=O)=O. The summed E-state index contributed by atoms with van der Waals surface area (Å²) < 4.78 is 22.3. The first-order valence-corrected chi connectivity index (χ1v) is 8.41. The second-order valence-corrected chi connectivity index (χ2v) is 8.00. The molecule has 0 aliphatic rings. The molecule has 1 rings (SSSR count). The zero-order chi connectivity index (χ0) is 14.4. The van der Waals surface area contributed by atoms with Gasteiger partial charge in [-0.1, -0.05) is 18.2 Å². The Morgan fingerprint density at radius 2 is 1.74 bits per heavy atom. The minimum atomic E-state index is -3.02. The van der Waals surface area contributed by atoms with Crippen molar-refractivity contribution in [2.45, 2.75) is 25.0 Å². The van der Waals surface area contributed by atoms with E-state index in [4.69, 9.17) is 0 Å². The van der Waals surface area contributed by atoms with Gasteiger partial charge in [0.05, 0.1) is 4.75 Å². The Hall–Kier alpha value is -1.07. The monoisotopic (exact) mass is 284 g/mol. The predicted octanol–water partition coefficient (Wildman–Crippen LogP) is 1.90. The lowest BCUT2D eigenvalue weighted by Gasteiger charge is -2.22. The average molecular weight is 284 g/mol. The molecule has 1 aromatic carbocycles. The molecule has 19 heavy (non-hydrogen) atoms. The number of para-hydroxylation sites is 1. The number of benzene rings is 1. The van der Waals surface area contributed by atoms with Crippen molar-refractivity contribution >= 4 is 15.5 Å². The number of anilines is 1. The number of nitrogens with one attached hydrogen (secondary N) is 2. The van der Waals surface area contributed by atoms with Gasteiger partial charge in [-0.3, -0.25) is 0 Å². The Morgan fingerprint density at radius 1 is 1.11 bits per heavy atom. The normalized spacial score (nSPS) is 12.4. The highest BCUT2D eigenvalue weighted by atomic mass is 32.2. The van der Waals surface area contributed by atoms with E-state index < -0.39 is 14.6 Å². The molecule has 0 aliphatic heterocycles. The van der Waals surface area contributed by atoms with Crippen molar-refractivity contribution in [1.82, 2.24) is 5.32 Å². The minimum Gasteiger partial charge on any atom is -0.385 e. The lowest BCUT2D eigenvalue weighted by atomic mass is 10.2. The van der Waals surface area contributed by atoms with Crippen LogP contribution in [0.4, 0.5) is 5.69 Å². The molecule has 0 atom stereocenters.